The molecule has 0 aromatic carbocycles. The van der Waals surface area contributed by atoms with Crippen LogP contribution in [-0.2, 0) is 11.3 Å². The summed E-state index contributed by atoms with van der Waals surface area (Å²) in [4.78, 5) is 4.07. The zero-order valence-corrected chi connectivity index (χ0v) is 12.3. The fraction of sp³-hybridized carbons (Fsp3) is 0.357. The number of hydrogen-bond donors (Lipinski definition) is 0. The monoisotopic (exact) mass is 308 g/mol. The molecule has 2 aromatic rings. The van der Waals surface area contributed by atoms with Crippen LogP contribution in [0.25, 0.3) is 11.3 Å². The molecule has 0 radical (unpaired) electrons. The Kier molecular flexibility index (Phi) is 4.55. The van der Waals surface area contributed by atoms with Crippen molar-refractivity contribution in [3.63, 3.8) is 0 Å². The smallest absolute Gasteiger partial charge is 0.0627 e. The number of hydrogen-bond acceptors (Lipinski definition) is 2. The van der Waals surface area contributed by atoms with E-state index in [0.29, 0.717) is 0 Å². The summed E-state index contributed by atoms with van der Waals surface area (Å²) in [7, 11) is 1.74. The van der Waals surface area contributed by atoms with Gasteiger partial charge in [0.25, 0.3) is 0 Å². The molecule has 0 bridgehead atoms. The predicted octanol–water partition coefficient (Wildman–Crippen LogP) is 3.66. The van der Waals surface area contributed by atoms with Crippen molar-refractivity contribution in [2.24, 2.45) is 0 Å². The van der Waals surface area contributed by atoms with E-state index < -0.39 is 0 Å². The van der Waals surface area contributed by atoms with Crippen LogP contribution in [0.2, 0.25) is 0 Å². The third kappa shape index (κ3) is 2.82. The number of pyridine rings is 1. The summed E-state index contributed by atoms with van der Waals surface area (Å²) in [6.45, 7) is 3.87. The van der Waals surface area contributed by atoms with Gasteiger partial charge in [0, 0.05) is 48.4 Å². The highest BCUT2D eigenvalue weighted by atomic mass is 79.9. The van der Waals surface area contributed by atoms with E-state index >= 15 is 0 Å². The first-order chi connectivity index (χ1) is 8.74. The molecule has 0 unspecified atom stereocenters. The Labute approximate surface area is 116 Å². The van der Waals surface area contributed by atoms with Crippen LogP contribution in [0.5, 0.6) is 0 Å². The van der Waals surface area contributed by atoms with Gasteiger partial charge in [-0.25, -0.2) is 0 Å². The summed E-state index contributed by atoms with van der Waals surface area (Å²) < 4.78 is 8.57. The molecule has 96 valence electrons. The average molecular weight is 309 g/mol. The lowest BCUT2D eigenvalue weighted by atomic mass is 10.2. The summed E-state index contributed by atoms with van der Waals surface area (Å²) in [5.41, 5.74) is 3.65. The van der Waals surface area contributed by atoms with Gasteiger partial charge in [-0.1, -0.05) is 0 Å². The van der Waals surface area contributed by atoms with Gasteiger partial charge >= 0.3 is 0 Å². The standard InChI is InChI=1S/C14H17BrN2O/c1-11-10-13(15)14(12-4-6-16-7-5-12)17(11)8-3-9-18-2/h4-7,10H,3,8-9H2,1-2H3. The first kappa shape index (κ1) is 13.3. The molecule has 0 aliphatic carbocycles. The van der Waals surface area contributed by atoms with Crippen molar-refractivity contribution in [3.8, 4) is 11.3 Å². The second-order valence-corrected chi connectivity index (χ2v) is 5.07. The zero-order valence-electron chi connectivity index (χ0n) is 10.7. The number of ether oxygens (including phenoxy) is 1. The number of nitrogens with zero attached hydrogens (tertiary/aromatic N) is 2. The highest BCUT2D eigenvalue weighted by Gasteiger charge is 2.12. The summed E-state index contributed by atoms with van der Waals surface area (Å²) in [5.74, 6) is 0. The summed E-state index contributed by atoms with van der Waals surface area (Å²) in [5, 5.41) is 0. The molecule has 2 heterocycles. The Hall–Kier alpha value is -1.13. The number of halogens is 1. The topological polar surface area (TPSA) is 27.1 Å². The van der Waals surface area contributed by atoms with Crippen molar-refractivity contribution in [2.75, 3.05) is 13.7 Å². The molecule has 18 heavy (non-hydrogen) atoms. The molecule has 0 fully saturated rings. The van der Waals surface area contributed by atoms with E-state index in [1.54, 1.807) is 7.11 Å². The SMILES string of the molecule is COCCCn1c(C)cc(Br)c1-c1ccncc1. The fourth-order valence-electron chi connectivity index (χ4n) is 2.09. The quantitative estimate of drug-likeness (QED) is 0.788. The van der Waals surface area contributed by atoms with Crippen molar-refractivity contribution in [3.05, 3.63) is 40.8 Å². The zero-order chi connectivity index (χ0) is 13.0. The Bertz CT molecular complexity index is 508. The molecule has 0 amide bonds. The number of aryl methyl sites for hydroxylation is 1. The minimum atomic E-state index is 0.783. The van der Waals surface area contributed by atoms with E-state index in [-0.39, 0.29) is 0 Å². The van der Waals surface area contributed by atoms with Crippen LogP contribution in [0.4, 0.5) is 0 Å². The molecule has 0 aliphatic rings. The van der Waals surface area contributed by atoms with Gasteiger partial charge in [-0.05, 0) is 47.5 Å². The molecule has 2 rings (SSSR count). The lowest BCUT2D eigenvalue weighted by Crippen LogP contribution is -2.05. The van der Waals surface area contributed by atoms with Crippen molar-refractivity contribution in [1.82, 2.24) is 9.55 Å². The van der Waals surface area contributed by atoms with Crippen molar-refractivity contribution >= 4 is 15.9 Å². The normalized spacial score (nSPS) is 10.8. The minimum Gasteiger partial charge on any atom is -0.385 e. The molecule has 0 saturated heterocycles. The van der Waals surface area contributed by atoms with E-state index in [0.717, 1.165) is 24.0 Å². The van der Waals surface area contributed by atoms with Crippen molar-refractivity contribution in [1.29, 1.82) is 0 Å². The molecule has 3 nitrogen and oxygen atoms in total. The predicted molar refractivity (Wildman–Crippen MR) is 76.6 cm³/mol. The van der Waals surface area contributed by atoms with Crippen LogP contribution in [0.3, 0.4) is 0 Å². The van der Waals surface area contributed by atoms with Crippen LogP contribution in [-0.4, -0.2) is 23.3 Å². The van der Waals surface area contributed by atoms with Crippen LogP contribution >= 0.6 is 15.9 Å². The Morgan fingerprint density at radius 2 is 2.06 bits per heavy atom. The molecule has 0 atom stereocenters. The van der Waals surface area contributed by atoms with Gasteiger partial charge in [0.15, 0.2) is 0 Å². The molecule has 0 spiro atoms. The molecule has 0 aliphatic heterocycles. The molecular weight excluding hydrogens is 292 g/mol. The first-order valence-electron chi connectivity index (χ1n) is 5.99. The molecule has 0 saturated carbocycles. The maximum atomic E-state index is 5.12. The van der Waals surface area contributed by atoms with Gasteiger partial charge in [0.05, 0.1) is 5.69 Å². The number of methoxy groups -OCH3 is 1. The summed E-state index contributed by atoms with van der Waals surface area (Å²) in [6, 6.07) is 6.22. The van der Waals surface area contributed by atoms with E-state index in [9.17, 15) is 0 Å². The second kappa shape index (κ2) is 6.16. The highest BCUT2D eigenvalue weighted by molar-refractivity contribution is 9.10. The van der Waals surface area contributed by atoms with E-state index in [4.69, 9.17) is 4.74 Å². The van der Waals surface area contributed by atoms with Crippen LogP contribution < -0.4 is 0 Å². The van der Waals surface area contributed by atoms with Gasteiger partial charge in [-0.2, -0.15) is 0 Å². The number of rotatable bonds is 5. The van der Waals surface area contributed by atoms with E-state index in [2.05, 4.69) is 38.5 Å². The van der Waals surface area contributed by atoms with E-state index in [1.807, 2.05) is 24.5 Å². The Morgan fingerprint density at radius 1 is 1.33 bits per heavy atom. The van der Waals surface area contributed by atoms with Crippen LogP contribution in [0.1, 0.15) is 12.1 Å². The Balaban J connectivity index is 2.34. The molecule has 0 N–H and O–H groups in total. The summed E-state index contributed by atoms with van der Waals surface area (Å²) in [6.07, 6.45) is 4.66. The number of aromatic nitrogens is 2. The minimum absolute atomic E-state index is 0.783. The van der Waals surface area contributed by atoms with Crippen LogP contribution in [0, 0.1) is 6.92 Å². The summed E-state index contributed by atoms with van der Waals surface area (Å²) >= 11 is 3.64. The lowest BCUT2D eigenvalue weighted by molar-refractivity contribution is 0.190. The third-order valence-electron chi connectivity index (χ3n) is 2.94. The van der Waals surface area contributed by atoms with Gasteiger partial charge in [0.1, 0.15) is 0 Å². The maximum Gasteiger partial charge on any atom is 0.0627 e. The Morgan fingerprint density at radius 3 is 2.72 bits per heavy atom. The largest absolute Gasteiger partial charge is 0.385 e. The van der Waals surface area contributed by atoms with Gasteiger partial charge in [-0.15, -0.1) is 0 Å². The second-order valence-electron chi connectivity index (χ2n) is 4.22. The molecular formula is C14H17BrN2O. The lowest BCUT2D eigenvalue weighted by Gasteiger charge is -2.12. The maximum absolute atomic E-state index is 5.12. The van der Waals surface area contributed by atoms with Crippen LogP contribution in [0.15, 0.2) is 35.1 Å². The van der Waals surface area contributed by atoms with Gasteiger partial charge in [0.2, 0.25) is 0 Å². The average Bonchev–Trinajstić information content (AvgIpc) is 2.66. The first-order valence-corrected chi connectivity index (χ1v) is 6.78. The van der Waals surface area contributed by atoms with Crippen molar-refractivity contribution < 1.29 is 4.74 Å². The molecule has 2 aromatic heterocycles. The van der Waals surface area contributed by atoms with E-state index in [1.165, 1.54) is 17.0 Å². The highest BCUT2D eigenvalue weighted by Crippen LogP contribution is 2.31. The van der Waals surface area contributed by atoms with Gasteiger partial charge in [-0.3, -0.25) is 4.98 Å². The molecule has 4 heteroatoms. The van der Waals surface area contributed by atoms with Crippen molar-refractivity contribution in [2.45, 2.75) is 19.9 Å². The fourth-order valence-corrected chi connectivity index (χ4v) is 2.87. The third-order valence-corrected chi connectivity index (χ3v) is 3.55. The van der Waals surface area contributed by atoms with Gasteiger partial charge < -0.3 is 9.30 Å².